The molecule has 2 rings (SSSR count). The topological polar surface area (TPSA) is 45.2 Å². The lowest BCUT2D eigenvalue weighted by atomic mass is 10.1. The van der Waals surface area contributed by atoms with Crippen molar-refractivity contribution in [1.82, 2.24) is 4.98 Å². The van der Waals surface area contributed by atoms with E-state index in [0.29, 0.717) is 0 Å². The molecular formula is C9H13NO2. The highest BCUT2D eigenvalue weighted by Crippen LogP contribution is 2.25. The van der Waals surface area contributed by atoms with Gasteiger partial charge in [0.25, 0.3) is 0 Å². The largest absolute Gasteiger partial charge is 0.386 e. The van der Waals surface area contributed by atoms with Crippen LogP contribution in [0.2, 0.25) is 0 Å². The number of ether oxygens (including phenoxy) is 1. The highest BCUT2D eigenvalue weighted by Gasteiger charge is 2.25. The number of rotatable bonds is 2. The Kier molecular flexibility index (Phi) is 2.15. The van der Waals surface area contributed by atoms with Gasteiger partial charge < -0.3 is 14.8 Å². The highest BCUT2D eigenvalue weighted by atomic mass is 16.5. The first-order valence-corrected chi connectivity index (χ1v) is 4.30. The van der Waals surface area contributed by atoms with Crippen molar-refractivity contribution in [3.05, 3.63) is 24.0 Å². The van der Waals surface area contributed by atoms with Crippen LogP contribution in [0.4, 0.5) is 0 Å². The minimum atomic E-state index is -0.459. The van der Waals surface area contributed by atoms with Crippen LogP contribution >= 0.6 is 0 Å². The van der Waals surface area contributed by atoms with Gasteiger partial charge in [-0.15, -0.1) is 0 Å². The molecule has 1 aromatic rings. The zero-order valence-corrected chi connectivity index (χ0v) is 6.86. The molecule has 3 heteroatoms. The van der Waals surface area contributed by atoms with Crippen LogP contribution < -0.4 is 0 Å². The van der Waals surface area contributed by atoms with E-state index >= 15 is 0 Å². The van der Waals surface area contributed by atoms with E-state index < -0.39 is 6.10 Å². The summed E-state index contributed by atoms with van der Waals surface area (Å²) in [5.41, 5.74) is 0.918. The molecule has 0 saturated carbocycles. The lowest BCUT2D eigenvalue weighted by molar-refractivity contribution is -0.00251. The maximum absolute atomic E-state index is 9.76. The van der Waals surface area contributed by atoms with Gasteiger partial charge in [-0.05, 0) is 18.9 Å². The van der Waals surface area contributed by atoms with E-state index in [1.807, 2.05) is 18.5 Å². The Morgan fingerprint density at radius 1 is 1.67 bits per heavy atom. The Morgan fingerprint density at radius 3 is 3.17 bits per heavy atom. The normalized spacial score (nSPS) is 25.9. The van der Waals surface area contributed by atoms with Crippen LogP contribution in [0.5, 0.6) is 0 Å². The van der Waals surface area contributed by atoms with Crippen molar-refractivity contribution in [3.8, 4) is 0 Å². The van der Waals surface area contributed by atoms with Crippen molar-refractivity contribution in [3.63, 3.8) is 0 Å². The Morgan fingerprint density at radius 2 is 2.58 bits per heavy atom. The maximum Gasteiger partial charge on any atom is 0.107 e. The Bertz CT molecular complexity index is 227. The van der Waals surface area contributed by atoms with Gasteiger partial charge in [0.05, 0.1) is 6.10 Å². The third-order valence-corrected chi connectivity index (χ3v) is 2.28. The number of aromatic amines is 1. The number of nitrogens with one attached hydrogen (secondary N) is 1. The van der Waals surface area contributed by atoms with Crippen LogP contribution in [-0.2, 0) is 4.74 Å². The number of aliphatic hydroxyl groups is 1. The molecule has 2 N–H and O–H groups in total. The summed E-state index contributed by atoms with van der Waals surface area (Å²) in [6, 6.07) is 1.88. The van der Waals surface area contributed by atoms with Gasteiger partial charge in [0.2, 0.25) is 0 Å². The van der Waals surface area contributed by atoms with Gasteiger partial charge in [-0.25, -0.2) is 0 Å². The molecule has 2 unspecified atom stereocenters. The summed E-state index contributed by atoms with van der Waals surface area (Å²) in [4.78, 5) is 2.92. The molecule has 1 fully saturated rings. The predicted molar refractivity (Wildman–Crippen MR) is 44.7 cm³/mol. The van der Waals surface area contributed by atoms with Gasteiger partial charge in [0, 0.05) is 24.6 Å². The van der Waals surface area contributed by atoms with E-state index in [-0.39, 0.29) is 6.10 Å². The number of aliphatic hydroxyl groups excluding tert-OH is 1. The van der Waals surface area contributed by atoms with Crippen LogP contribution in [0.15, 0.2) is 18.5 Å². The molecule has 0 spiro atoms. The fraction of sp³-hybridized carbons (Fsp3) is 0.556. The number of hydrogen-bond acceptors (Lipinski definition) is 2. The first kappa shape index (κ1) is 7.83. The standard InChI is InChI=1S/C9H13NO2/c11-9(7-3-4-10-6-7)8-2-1-5-12-8/h3-4,6,8-11H,1-2,5H2. The smallest absolute Gasteiger partial charge is 0.107 e. The molecule has 1 aliphatic rings. The molecule has 0 radical (unpaired) electrons. The first-order valence-electron chi connectivity index (χ1n) is 4.30. The number of aromatic nitrogens is 1. The van der Waals surface area contributed by atoms with Crippen LogP contribution in [0.1, 0.15) is 24.5 Å². The third kappa shape index (κ3) is 1.38. The highest BCUT2D eigenvalue weighted by molar-refractivity contribution is 5.13. The molecule has 0 bridgehead atoms. The van der Waals surface area contributed by atoms with E-state index in [1.54, 1.807) is 0 Å². The zero-order valence-electron chi connectivity index (χ0n) is 6.86. The minimum Gasteiger partial charge on any atom is -0.386 e. The number of hydrogen-bond donors (Lipinski definition) is 2. The predicted octanol–water partition coefficient (Wildman–Crippen LogP) is 1.23. The van der Waals surface area contributed by atoms with Crippen molar-refractivity contribution in [2.45, 2.75) is 25.0 Å². The molecule has 1 aromatic heterocycles. The van der Waals surface area contributed by atoms with Gasteiger partial charge in [0.1, 0.15) is 6.10 Å². The molecule has 2 atom stereocenters. The summed E-state index contributed by atoms with van der Waals surface area (Å²) in [6.07, 6.45) is 5.19. The second kappa shape index (κ2) is 3.29. The Labute approximate surface area is 71.4 Å². The van der Waals surface area contributed by atoms with E-state index in [9.17, 15) is 5.11 Å². The quantitative estimate of drug-likeness (QED) is 0.695. The van der Waals surface area contributed by atoms with E-state index in [1.165, 1.54) is 0 Å². The van der Waals surface area contributed by atoms with Crippen LogP contribution in [0, 0.1) is 0 Å². The van der Waals surface area contributed by atoms with Crippen molar-refractivity contribution in [2.24, 2.45) is 0 Å². The van der Waals surface area contributed by atoms with E-state index in [4.69, 9.17) is 4.74 Å². The summed E-state index contributed by atoms with van der Waals surface area (Å²) in [6.45, 7) is 0.784. The van der Waals surface area contributed by atoms with Crippen LogP contribution in [0.3, 0.4) is 0 Å². The lowest BCUT2D eigenvalue weighted by Gasteiger charge is -2.15. The molecule has 12 heavy (non-hydrogen) atoms. The Hall–Kier alpha value is -0.800. The summed E-state index contributed by atoms with van der Waals surface area (Å²) >= 11 is 0. The summed E-state index contributed by atoms with van der Waals surface area (Å²) in [5, 5.41) is 9.76. The SMILES string of the molecule is OC(c1cc[nH]c1)C1CCCO1. The average molecular weight is 167 g/mol. The summed E-state index contributed by atoms with van der Waals surface area (Å²) in [7, 11) is 0. The van der Waals surface area contributed by atoms with Gasteiger partial charge in [-0.3, -0.25) is 0 Å². The van der Waals surface area contributed by atoms with Crippen molar-refractivity contribution in [1.29, 1.82) is 0 Å². The Balaban J connectivity index is 2.04. The number of H-pyrrole nitrogens is 1. The van der Waals surface area contributed by atoms with Gasteiger partial charge in [-0.1, -0.05) is 0 Å². The van der Waals surface area contributed by atoms with Crippen molar-refractivity contribution >= 4 is 0 Å². The minimum absolute atomic E-state index is 0.000741. The molecule has 0 aliphatic carbocycles. The maximum atomic E-state index is 9.76. The fourth-order valence-corrected chi connectivity index (χ4v) is 1.59. The molecule has 2 heterocycles. The second-order valence-corrected chi connectivity index (χ2v) is 3.14. The van der Waals surface area contributed by atoms with Crippen molar-refractivity contribution < 1.29 is 9.84 Å². The zero-order chi connectivity index (χ0) is 8.39. The average Bonchev–Trinajstić information content (AvgIpc) is 2.77. The van der Waals surface area contributed by atoms with Crippen LogP contribution in [-0.4, -0.2) is 22.8 Å². The monoisotopic (exact) mass is 167 g/mol. The summed E-state index contributed by atoms with van der Waals surface area (Å²) in [5.74, 6) is 0. The van der Waals surface area contributed by atoms with Crippen molar-refractivity contribution in [2.75, 3.05) is 6.61 Å². The second-order valence-electron chi connectivity index (χ2n) is 3.14. The van der Waals surface area contributed by atoms with Gasteiger partial charge >= 0.3 is 0 Å². The molecule has 3 nitrogen and oxygen atoms in total. The third-order valence-electron chi connectivity index (χ3n) is 2.28. The fourth-order valence-electron chi connectivity index (χ4n) is 1.59. The first-order chi connectivity index (χ1) is 5.88. The van der Waals surface area contributed by atoms with Gasteiger partial charge in [-0.2, -0.15) is 0 Å². The molecule has 66 valence electrons. The molecule has 0 aromatic carbocycles. The molecule has 1 aliphatic heterocycles. The van der Waals surface area contributed by atoms with Gasteiger partial charge in [0.15, 0.2) is 0 Å². The molecular weight excluding hydrogens is 154 g/mol. The van der Waals surface area contributed by atoms with E-state index in [2.05, 4.69) is 4.98 Å². The molecule has 1 saturated heterocycles. The van der Waals surface area contributed by atoms with Crippen LogP contribution in [0.25, 0.3) is 0 Å². The van der Waals surface area contributed by atoms with E-state index in [0.717, 1.165) is 25.0 Å². The molecule has 0 amide bonds. The summed E-state index contributed by atoms with van der Waals surface area (Å²) < 4.78 is 5.37. The lowest BCUT2D eigenvalue weighted by Crippen LogP contribution is -2.16.